The molecule has 2 aromatic rings. The van der Waals surface area contributed by atoms with Crippen LogP contribution in [0, 0.1) is 0 Å². The first kappa shape index (κ1) is 18.1. The van der Waals surface area contributed by atoms with E-state index in [0.29, 0.717) is 13.0 Å². The molecule has 0 atom stereocenters. The maximum atomic E-state index is 12.1. The molecular formula is C21H27NO2. The summed E-state index contributed by atoms with van der Waals surface area (Å²) >= 11 is 0. The molecule has 3 nitrogen and oxygen atoms in total. The number of hydrogen-bond donors (Lipinski definition) is 1. The van der Waals surface area contributed by atoms with Crippen molar-refractivity contribution >= 4 is 11.6 Å². The molecule has 0 aliphatic heterocycles. The van der Waals surface area contributed by atoms with Gasteiger partial charge in [0.25, 0.3) is 0 Å². The monoisotopic (exact) mass is 325 g/mol. The van der Waals surface area contributed by atoms with E-state index in [2.05, 4.69) is 45.1 Å². The fourth-order valence-electron chi connectivity index (χ4n) is 2.48. The van der Waals surface area contributed by atoms with Crippen molar-refractivity contribution in [3.63, 3.8) is 0 Å². The van der Waals surface area contributed by atoms with Crippen LogP contribution in [-0.2, 0) is 16.6 Å². The van der Waals surface area contributed by atoms with Crippen LogP contribution < -0.4 is 10.1 Å². The number of hydrogen-bond acceptors (Lipinski definition) is 2. The molecule has 2 aromatic carbocycles. The number of anilines is 1. The molecule has 0 aliphatic carbocycles. The van der Waals surface area contributed by atoms with Crippen molar-refractivity contribution in [3.8, 4) is 5.75 Å². The highest BCUT2D eigenvalue weighted by atomic mass is 16.5. The summed E-state index contributed by atoms with van der Waals surface area (Å²) < 4.78 is 5.68. The molecule has 0 spiro atoms. The van der Waals surface area contributed by atoms with Gasteiger partial charge in [0.1, 0.15) is 5.75 Å². The van der Waals surface area contributed by atoms with E-state index in [1.165, 1.54) is 5.56 Å². The second-order valence-corrected chi connectivity index (χ2v) is 6.93. The van der Waals surface area contributed by atoms with Gasteiger partial charge in [-0.15, -0.1) is 0 Å². The van der Waals surface area contributed by atoms with Gasteiger partial charge >= 0.3 is 0 Å². The number of carbonyl (C=O) groups is 1. The van der Waals surface area contributed by atoms with E-state index < -0.39 is 0 Å². The fourth-order valence-corrected chi connectivity index (χ4v) is 2.48. The second-order valence-electron chi connectivity index (χ2n) is 6.93. The zero-order valence-corrected chi connectivity index (χ0v) is 15.1. The lowest BCUT2D eigenvalue weighted by Crippen LogP contribution is -2.16. The van der Waals surface area contributed by atoms with Crippen molar-refractivity contribution < 1.29 is 9.53 Å². The minimum absolute atomic E-state index is 0.0257. The summed E-state index contributed by atoms with van der Waals surface area (Å²) in [5, 5.41) is 2.96. The Labute approximate surface area is 145 Å². The molecule has 0 heterocycles. The molecule has 0 radical (unpaired) electrons. The Hall–Kier alpha value is -2.29. The topological polar surface area (TPSA) is 38.3 Å². The van der Waals surface area contributed by atoms with Crippen molar-refractivity contribution in [2.75, 3.05) is 11.9 Å². The Kier molecular flexibility index (Phi) is 6.02. The molecule has 128 valence electrons. The number of rotatable bonds is 6. The summed E-state index contributed by atoms with van der Waals surface area (Å²) in [6.45, 7) is 8.99. The van der Waals surface area contributed by atoms with Crippen LogP contribution in [0.2, 0.25) is 0 Å². The number of carbonyl (C=O) groups excluding carboxylic acids is 1. The summed E-state index contributed by atoms with van der Waals surface area (Å²) in [4.78, 5) is 12.1. The Bertz CT molecular complexity index is 669. The molecule has 1 amide bonds. The number of nitrogens with one attached hydrogen (secondary N) is 1. The molecule has 0 bridgehead atoms. The Morgan fingerprint density at radius 3 is 2.33 bits per heavy atom. The smallest absolute Gasteiger partial charge is 0.227 e. The zero-order chi connectivity index (χ0) is 17.6. The summed E-state index contributed by atoms with van der Waals surface area (Å²) in [5.74, 6) is 0.770. The predicted octanol–water partition coefficient (Wildman–Crippen LogP) is 4.95. The van der Waals surface area contributed by atoms with E-state index in [1.54, 1.807) is 0 Å². The van der Waals surface area contributed by atoms with Crippen LogP contribution in [0.4, 0.5) is 5.69 Å². The van der Waals surface area contributed by atoms with Crippen LogP contribution in [0.25, 0.3) is 0 Å². The van der Waals surface area contributed by atoms with Gasteiger partial charge in [-0.3, -0.25) is 4.79 Å². The van der Waals surface area contributed by atoms with Crippen LogP contribution in [0.15, 0.2) is 48.5 Å². The van der Waals surface area contributed by atoms with Crippen molar-refractivity contribution in [3.05, 3.63) is 59.7 Å². The maximum Gasteiger partial charge on any atom is 0.227 e. The first-order valence-electron chi connectivity index (χ1n) is 8.51. The second kappa shape index (κ2) is 8.00. The zero-order valence-electron chi connectivity index (χ0n) is 15.1. The van der Waals surface area contributed by atoms with Crippen molar-refractivity contribution in [1.29, 1.82) is 0 Å². The predicted molar refractivity (Wildman–Crippen MR) is 99.7 cm³/mol. The highest BCUT2D eigenvalue weighted by Gasteiger charge is 2.13. The molecule has 1 N–H and O–H groups in total. The van der Waals surface area contributed by atoms with Crippen molar-refractivity contribution in [2.45, 2.75) is 46.0 Å². The lowest BCUT2D eigenvalue weighted by atomic mass is 9.87. The first-order valence-corrected chi connectivity index (χ1v) is 8.51. The minimum Gasteiger partial charge on any atom is -0.493 e. The Morgan fingerprint density at radius 2 is 1.71 bits per heavy atom. The van der Waals surface area contributed by atoms with Crippen LogP contribution in [0.5, 0.6) is 5.75 Å². The highest BCUT2D eigenvalue weighted by molar-refractivity contribution is 5.91. The van der Waals surface area contributed by atoms with Gasteiger partial charge in [0.2, 0.25) is 5.91 Å². The van der Waals surface area contributed by atoms with Crippen molar-refractivity contribution in [1.82, 2.24) is 0 Å². The molecular weight excluding hydrogens is 298 g/mol. The van der Waals surface area contributed by atoms with Gasteiger partial charge in [-0.05, 0) is 41.2 Å². The average Bonchev–Trinajstić information content (AvgIpc) is 2.55. The molecule has 24 heavy (non-hydrogen) atoms. The first-order chi connectivity index (χ1) is 11.4. The third-order valence-electron chi connectivity index (χ3n) is 3.99. The van der Waals surface area contributed by atoms with Crippen molar-refractivity contribution in [2.24, 2.45) is 0 Å². The summed E-state index contributed by atoms with van der Waals surface area (Å²) in [6.07, 6.45) is 1.23. The molecule has 2 rings (SSSR count). The molecule has 0 fully saturated rings. The van der Waals surface area contributed by atoms with Crippen LogP contribution >= 0.6 is 0 Å². The highest BCUT2D eigenvalue weighted by Crippen LogP contribution is 2.24. The van der Waals surface area contributed by atoms with E-state index in [9.17, 15) is 4.79 Å². The SMILES string of the molecule is CCc1ccccc1NC(=O)CCOc1ccc(C(C)(C)C)cc1. The van der Waals surface area contributed by atoms with Gasteiger partial charge < -0.3 is 10.1 Å². The number of ether oxygens (including phenoxy) is 1. The van der Waals surface area contributed by atoms with Gasteiger partial charge in [-0.25, -0.2) is 0 Å². The van der Waals surface area contributed by atoms with Crippen LogP contribution in [0.1, 0.15) is 45.2 Å². The molecule has 0 saturated carbocycles. The Balaban J connectivity index is 1.82. The van der Waals surface area contributed by atoms with E-state index in [0.717, 1.165) is 23.4 Å². The normalized spacial score (nSPS) is 11.2. The number of amides is 1. The third kappa shape index (κ3) is 5.12. The molecule has 3 heteroatoms. The van der Waals surface area contributed by atoms with E-state index in [1.807, 2.05) is 36.4 Å². The number of aryl methyl sites for hydroxylation is 1. The maximum absolute atomic E-state index is 12.1. The summed E-state index contributed by atoms with van der Waals surface area (Å²) in [7, 11) is 0. The lowest BCUT2D eigenvalue weighted by molar-refractivity contribution is -0.116. The summed E-state index contributed by atoms with van der Waals surface area (Å²) in [6, 6.07) is 16.0. The Morgan fingerprint density at radius 1 is 1.04 bits per heavy atom. The third-order valence-corrected chi connectivity index (χ3v) is 3.99. The van der Waals surface area contributed by atoms with Gasteiger partial charge in [-0.1, -0.05) is 58.0 Å². The average molecular weight is 325 g/mol. The molecule has 0 unspecified atom stereocenters. The standard InChI is InChI=1S/C21H27NO2/c1-5-16-8-6-7-9-19(16)22-20(23)14-15-24-18-12-10-17(11-13-18)21(2,3)4/h6-13H,5,14-15H2,1-4H3,(H,22,23). The fraction of sp³-hybridized carbons (Fsp3) is 0.381. The number of benzene rings is 2. The molecule has 0 saturated heterocycles. The quantitative estimate of drug-likeness (QED) is 0.815. The van der Waals surface area contributed by atoms with Gasteiger partial charge in [0.05, 0.1) is 13.0 Å². The number of para-hydroxylation sites is 1. The van der Waals surface area contributed by atoms with Gasteiger partial charge in [0, 0.05) is 5.69 Å². The van der Waals surface area contributed by atoms with Crippen LogP contribution in [-0.4, -0.2) is 12.5 Å². The van der Waals surface area contributed by atoms with E-state index >= 15 is 0 Å². The van der Waals surface area contributed by atoms with Gasteiger partial charge in [-0.2, -0.15) is 0 Å². The molecule has 0 aromatic heterocycles. The minimum atomic E-state index is -0.0257. The van der Waals surface area contributed by atoms with Gasteiger partial charge in [0.15, 0.2) is 0 Å². The van der Waals surface area contributed by atoms with E-state index in [4.69, 9.17) is 4.74 Å². The summed E-state index contributed by atoms with van der Waals surface area (Å²) in [5.41, 5.74) is 3.43. The van der Waals surface area contributed by atoms with Crippen LogP contribution in [0.3, 0.4) is 0 Å². The lowest BCUT2D eigenvalue weighted by Gasteiger charge is -2.19. The largest absolute Gasteiger partial charge is 0.493 e. The molecule has 0 aliphatic rings. The van der Waals surface area contributed by atoms with E-state index in [-0.39, 0.29) is 11.3 Å².